The molecule has 0 radical (unpaired) electrons. The molecule has 0 bridgehead atoms. The maximum absolute atomic E-state index is 4.48. The number of rotatable bonds is 8. The summed E-state index contributed by atoms with van der Waals surface area (Å²) in [6.07, 6.45) is 7.92. The summed E-state index contributed by atoms with van der Waals surface area (Å²) in [5, 5.41) is 7.99. The van der Waals surface area contributed by atoms with Crippen LogP contribution in [0, 0.1) is 0 Å². The SMILES string of the molecule is CCCCCNCC(C)n1cc(-c2ccccc2)cn1. The first kappa shape index (κ1) is 14.8. The standard InChI is InChI=1S/C17H25N3/c1-3-4-8-11-18-12-15(2)20-14-17(13-19-20)16-9-6-5-7-10-16/h5-7,9-10,13-15,18H,3-4,8,11-12H2,1-2H3. The molecule has 0 amide bonds. The molecule has 20 heavy (non-hydrogen) atoms. The molecular weight excluding hydrogens is 246 g/mol. The van der Waals surface area contributed by atoms with Gasteiger partial charge in [-0.25, -0.2) is 0 Å². The molecule has 1 aromatic carbocycles. The molecule has 108 valence electrons. The highest BCUT2D eigenvalue weighted by molar-refractivity contribution is 5.61. The molecule has 0 aliphatic heterocycles. The van der Waals surface area contributed by atoms with Crippen molar-refractivity contribution in [3.8, 4) is 11.1 Å². The molecular formula is C17H25N3. The Labute approximate surface area is 122 Å². The monoisotopic (exact) mass is 271 g/mol. The first-order valence-corrected chi connectivity index (χ1v) is 7.61. The Kier molecular flexibility index (Phi) is 5.81. The van der Waals surface area contributed by atoms with Gasteiger partial charge < -0.3 is 5.32 Å². The van der Waals surface area contributed by atoms with E-state index in [9.17, 15) is 0 Å². The topological polar surface area (TPSA) is 29.9 Å². The zero-order chi connectivity index (χ0) is 14.2. The highest BCUT2D eigenvalue weighted by Crippen LogP contribution is 2.19. The molecule has 1 aromatic heterocycles. The average Bonchev–Trinajstić information content (AvgIpc) is 2.98. The van der Waals surface area contributed by atoms with Gasteiger partial charge in [0.15, 0.2) is 0 Å². The largest absolute Gasteiger partial charge is 0.315 e. The van der Waals surface area contributed by atoms with Gasteiger partial charge in [-0.1, -0.05) is 50.1 Å². The molecule has 3 heteroatoms. The van der Waals surface area contributed by atoms with Crippen LogP contribution in [0.4, 0.5) is 0 Å². The van der Waals surface area contributed by atoms with Crippen molar-refractivity contribution in [3.63, 3.8) is 0 Å². The number of nitrogens with one attached hydrogen (secondary N) is 1. The quantitative estimate of drug-likeness (QED) is 0.738. The second-order valence-electron chi connectivity index (χ2n) is 5.34. The van der Waals surface area contributed by atoms with Gasteiger partial charge in [0, 0.05) is 18.3 Å². The molecule has 1 heterocycles. The van der Waals surface area contributed by atoms with Crippen LogP contribution in [0.1, 0.15) is 39.2 Å². The van der Waals surface area contributed by atoms with Gasteiger partial charge in [0.1, 0.15) is 0 Å². The van der Waals surface area contributed by atoms with Gasteiger partial charge in [-0.15, -0.1) is 0 Å². The Morgan fingerprint density at radius 2 is 1.95 bits per heavy atom. The lowest BCUT2D eigenvalue weighted by molar-refractivity contribution is 0.449. The summed E-state index contributed by atoms with van der Waals surface area (Å²) in [6.45, 7) is 6.51. The lowest BCUT2D eigenvalue weighted by atomic mass is 10.1. The van der Waals surface area contributed by atoms with E-state index in [4.69, 9.17) is 0 Å². The average molecular weight is 271 g/mol. The minimum absolute atomic E-state index is 0.383. The van der Waals surface area contributed by atoms with Crippen LogP contribution in [0.15, 0.2) is 42.7 Å². The molecule has 0 saturated heterocycles. The fourth-order valence-electron chi connectivity index (χ4n) is 2.26. The maximum atomic E-state index is 4.48. The Morgan fingerprint density at radius 3 is 2.70 bits per heavy atom. The van der Waals surface area contributed by atoms with Crippen molar-refractivity contribution >= 4 is 0 Å². The molecule has 2 aromatic rings. The normalized spacial score (nSPS) is 12.5. The van der Waals surface area contributed by atoms with Gasteiger partial charge in [-0.2, -0.15) is 5.10 Å². The van der Waals surface area contributed by atoms with E-state index in [1.54, 1.807) is 0 Å². The molecule has 0 saturated carbocycles. The number of unbranched alkanes of at least 4 members (excludes halogenated alkanes) is 2. The van der Waals surface area contributed by atoms with E-state index < -0.39 is 0 Å². The van der Waals surface area contributed by atoms with Crippen LogP contribution < -0.4 is 5.32 Å². The van der Waals surface area contributed by atoms with E-state index in [-0.39, 0.29) is 0 Å². The third-order valence-corrected chi connectivity index (χ3v) is 3.56. The summed E-state index contributed by atoms with van der Waals surface area (Å²) in [6, 6.07) is 10.8. The fraction of sp³-hybridized carbons (Fsp3) is 0.471. The van der Waals surface area contributed by atoms with Gasteiger partial charge in [0.2, 0.25) is 0 Å². The zero-order valence-electron chi connectivity index (χ0n) is 12.5. The van der Waals surface area contributed by atoms with Crippen molar-refractivity contribution in [3.05, 3.63) is 42.7 Å². The predicted octanol–water partition coefficient (Wildman–Crippen LogP) is 3.89. The lowest BCUT2D eigenvalue weighted by Crippen LogP contribution is -2.24. The number of aromatic nitrogens is 2. The van der Waals surface area contributed by atoms with E-state index in [0.717, 1.165) is 13.1 Å². The zero-order valence-corrected chi connectivity index (χ0v) is 12.5. The highest BCUT2D eigenvalue weighted by Gasteiger charge is 2.07. The smallest absolute Gasteiger partial charge is 0.0615 e. The van der Waals surface area contributed by atoms with Gasteiger partial charge in [0.25, 0.3) is 0 Å². The molecule has 2 rings (SSSR count). The lowest BCUT2D eigenvalue weighted by Gasteiger charge is -2.13. The van der Waals surface area contributed by atoms with Crippen molar-refractivity contribution in [2.75, 3.05) is 13.1 Å². The van der Waals surface area contributed by atoms with Crippen molar-refractivity contribution in [1.82, 2.24) is 15.1 Å². The van der Waals surface area contributed by atoms with Crippen LogP contribution in [0.5, 0.6) is 0 Å². The van der Waals surface area contributed by atoms with Gasteiger partial charge in [0.05, 0.1) is 12.2 Å². The summed E-state index contributed by atoms with van der Waals surface area (Å²) >= 11 is 0. The first-order valence-electron chi connectivity index (χ1n) is 7.61. The second kappa shape index (κ2) is 7.85. The van der Waals surface area contributed by atoms with Crippen molar-refractivity contribution in [2.24, 2.45) is 0 Å². The Balaban J connectivity index is 1.85. The second-order valence-corrected chi connectivity index (χ2v) is 5.34. The van der Waals surface area contributed by atoms with Crippen LogP contribution in [0.25, 0.3) is 11.1 Å². The summed E-state index contributed by atoms with van der Waals surface area (Å²) in [7, 11) is 0. The first-order chi connectivity index (χ1) is 9.81. The van der Waals surface area contributed by atoms with E-state index in [2.05, 4.69) is 59.4 Å². The minimum atomic E-state index is 0.383. The molecule has 3 nitrogen and oxygen atoms in total. The number of benzene rings is 1. The van der Waals surface area contributed by atoms with E-state index in [0.29, 0.717) is 6.04 Å². The third kappa shape index (κ3) is 4.20. The van der Waals surface area contributed by atoms with E-state index in [1.165, 1.54) is 30.4 Å². The summed E-state index contributed by atoms with van der Waals surface area (Å²) in [5.41, 5.74) is 2.41. The van der Waals surface area contributed by atoms with Crippen molar-refractivity contribution < 1.29 is 0 Å². The van der Waals surface area contributed by atoms with Crippen molar-refractivity contribution in [2.45, 2.75) is 39.2 Å². The third-order valence-electron chi connectivity index (χ3n) is 3.56. The fourth-order valence-corrected chi connectivity index (χ4v) is 2.26. The van der Waals surface area contributed by atoms with Crippen LogP contribution in [0.3, 0.4) is 0 Å². The summed E-state index contributed by atoms with van der Waals surface area (Å²) in [4.78, 5) is 0. The Bertz CT molecular complexity index is 490. The van der Waals surface area contributed by atoms with Crippen LogP contribution in [0.2, 0.25) is 0 Å². The highest BCUT2D eigenvalue weighted by atomic mass is 15.3. The maximum Gasteiger partial charge on any atom is 0.0615 e. The molecule has 0 fully saturated rings. The molecule has 0 aliphatic carbocycles. The van der Waals surface area contributed by atoms with Gasteiger partial charge in [-0.3, -0.25) is 4.68 Å². The summed E-state index contributed by atoms with van der Waals surface area (Å²) < 4.78 is 2.05. The molecule has 1 N–H and O–H groups in total. The van der Waals surface area contributed by atoms with Crippen molar-refractivity contribution in [1.29, 1.82) is 0 Å². The molecule has 0 spiro atoms. The Hall–Kier alpha value is -1.61. The Morgan fingerprint density at radius 1 is 1.15 bits per heavy atom. The molecule has 1 unspecified atom stereocenters. The summed E-state index contributed by atoms with van der Waals surface area (Å²) in [5.74, 6) is 0. The predicted molar refractivity (Wildman–Crippen MR) is 84.8 cm³/mol. The van der Waals surface area contributed by atoms with Gasteiger partial charge in [-0.05, 0) is 25.5 Å². The van der Waals surface area contributed by atoms with Crippen LogP contribution in [-0.4, -0.2) is 22.9 Å². The number of hydrogen-bond donors (Lipinski definition) is 1. The molecule has 0 aliphatic rings. The van der Waals surface area contributed by atoms with E-state index >= 15 is 0 Å². The van der Waals surface area contributed by atoms with Gasteiger partial charge >= 0.3 is 0 Å². The minimum Gasteiger partial charge on any atom is -0.315 e. The van der Waals surface area contributed by atoms with E-state index in [1.807, 2.05) is 12.3 Å². The number of nitrogens with zero attached hydrogens (tertiary/aromatic N) is 2. The van der Waals surface area contributed by atoms with Crippen LogP contribution >= 0.6 is 0 Å². The van der Waals surface area contributed by atoms with Crippen LogP contribution in [-0.2, 0) is 0 Å². The molecule has 1 atom stereocenters. The number of hydrogen-bond acceptors (Lipinski definition) is 2.